The molecule has 118 valence electrons. The van der Waals surface area contributed by atoms with E-state index < -0.39 is 0 Å². The number of rotatable bonds is 5. The van der Waals surface area contributed by atoms with E-state index in [0.29, 0.717) is 22.9 Å². The molecule has 0 saturated heterocycles. The van der Waals surface area contributed by atoms with Crippen molar-refractivity contribution in [3.63, 3.8) is 0 Å². The molecule has 0 aromatic heterocycles. The first-order valence-corrected chi connectivity index (χ1v) is 7.79. The highest BCUT2D eigenvalue weighted by molar-refractivity contribution is 7.80. The fraction of sp³-hybridized carbons (Fsp3) is 0.167. The van der Waals surface area contributed by atoms with Gasteiger partial charge in [0.1, 0.15) is 5.71 Å². The Hall–Kier alpha value is -2.53. The fourth-order valence-electron chi connectivity index (χ4n) is 2.02. The molecule has 0 aliphatic carbocycles. The van der Waals surface area contributed by atoms with Gasteiger partial charge in [-0.3, -0.25) is 4.79 Å². The summed E-state index contributed by atoms with van der Waals surface area (Å²) in [6, 6.07) is 18.5. The zero-order chi connectivity index (χ0) is 16.7. The molecule has 0 aliphatic heterocycles. The molecule has 0 aliphatic rings. The number of ketones is 1. The Morgan fingerprint density at radius 3 is 2.09 bits per heavy atom. The number of hydrazone groups is 1. The molecule has 0 unspecified atom stereocenters. The molecule has 2 aromatic rings. The second-order valence-corrected chi connectivity index (χ2v) is 5.26. The number of Topliss-reactive ketones (excluding diaryl/α,β-unsaturated/α-hetero) is 1. The van der Waals surface area contributed by atoms with Crippen LogP contribution in [0.15, 0.2) is 65.8 Å². The second kappa shape index (κ2) is 8.19. The lowest BCUT2D eigenvalue weighted by Gasteiger charge is -2.17. The van der Waals surface area contributed by atoms with E-state index in [1.807, 2.05) is 55.5 Å². The van der Waals surface area contributed by atoms with Crippen molar-refractivity contribution in [3.05, 3.63) is 71.8 Å². The third-order valence-corrected chi connectivity index (χ3v) is 3.58. The summed E-state index contributed by atoms with van der Waals surface area (Å²) in [5, 5.41) is 9.45. The van der Waals surface area contributed by atoms with Gasteiger partial charge in [-0.15, -0.1) is 0 Å². The van der Waals surface area contributed by atoms with Crippen molar-refractivity contribution in [2.75, 3.05) is 13.6 Å². The first-order valence-electron chi connectivity index (χ1n) is 7.38. The molecule has 0 radical (unpaired) electrons. The van der Waals surface area contributed by atoms with Gasteiger partial charge in [0.2, 0.25) is 5.78 Å². The third-order valence-electron chi connectivity index (χ3n) is 3.17. The van der Waals surface area contributed by atoms with Gasteiger partial charge in [0.25, 0.3) is 0 Å². The van der Waals surface area contributed by atoms with E-state index in [1.54, 1.807) is 19.2 Å². The number of carbonyl (C=O) groups excluding carboxylic acids is 1. The van der Waals surface area contributed by atoms with E-state index in [2.05, 4.69) is 10.4 Å². The highest BCUT2D eigenvalue weighted by atomic mass is 32.1. The average molecular weight is 325 g/mol. The van der Waals surface area contributed by atoms with Crippen LogP contribution in [0.3, 0.4) is 0 Å². The molecule has 0 amide bonds. The van der Waals surface area contributed by atoms with Crippen molar-refractivity contribution in [2.45, 2.75) is 6.92 Å². The van der Waals surface area contributed by atoms with Crippen LogP contribution in [0.2, 0.25) is 0 Å². The molecule has 0 bridgehead atoms. The van der Waals surface area contributed by atoms with Crippen LogP contribution < -0.4 is 5.32 Å². The zero-order valence-electron chi connectivity index (χ0n) is 13.2. The van der Waals surface area contributed by atoms with E-state index in [9.17, 15) is 4.79 Å². The maximum atomic E-state index is 12.8. The van der Waals surface area contributed by atoms with Crippen molar-refractivity contribution in [3.8, 4) is 0 Å². The third kappa shape index (κ3) is 4.47. The van der Waals surface area contributed by atoms with E-state index in [1.165, 1.54) is 5.01 Å². The Labute approximate surface area is 141 Å². The lowest BCUT2D eigenvalue weighted by Crippen LogP contribution is -2.35. The highest BCUT2D eigenvalue weighted by Crippen LogP contribution is 2.10. The van der Waals surface area contributed by atoms with E-state index in [4.69, 9.17) is 12.2 Å². The Balaban J connectivity index is 2.41. The summed E-state index contributed by atoms with van der Waals surface area (Å²) in [6.45, 7) is 2.66. The van der Waals surface area contributed by atoms with Gasteiger partial charge in [-0.25, -0.2) is 5.01 Å². The molecule has 0 heterocycles. The quantitative estimate of drug-likeness (QED) is 0.397. The minimum absolute atomic E-state index is 0.136. The first-order chi connectivity index (χ1) is 11.1. The number of hydrogen-bond acceptors (Lipinski definition) is 3. The molecular weight excluding hydrogens is 306 g/mol. The summed E-state index contributed by atoms with van der Waals surface area (Å²) in [4.78, 5) is 12.8. The maximum Gasteiger partial charge on any atom is 0.213 e. The van der Waals surface area contributed by atoms with Crippen LogP contribution >= 0.6 is 12.2 Å². The molecular formula is C18H19N3OS. The minimum atomic E-state index is -0.136. The van der Waals surface area contributed by atoms with Crippen LogP contribution in [0.25, 0.3) is 0 Å². The molecule has 0 saturated carbocycles. The Kier molecular flexibility index (Phi) is 6.00. The largest absolute Gasteiger partial charge is 0.361 e. The number of thiocarbonyl (C=S) groups is 1. The number of hydrogen-bond donors (Lipinski definition) is 1. The smallest absolute Gasteiger partial charge is 0.213 e. The molecule has 0 fully saturated rings. The van der Waals surface area contributed by atoms with Gasteiger partial charge in [-0.1, -0.05) is 60.7 Å². The van der Waals surface area contributed by atoms with Gasteiger partial charge in [-0.2, -0.15) is 5.10 Å². The van der Waals surface area contributed by atoms with Crippen LogP contribution in [0, 0.1) is 0 Å². The number of carbonyl (C=O) groups is 1. The normalized spacial score (nSPS) is 11.0. The summed E-state index contributed by atoms with van der Waals surface area (Å²) in [5.74, 6) is -0.136. The van der Waals surface area contributed by atoms with Gasteiger partial charge in [0.15, 0.2) is 5.11 Å². The number of nitrogens with zero attached hydrogens (tertiary/aromatic N) is 2. The van der Waals surface area contributed by atoms with E-state index >= 15 is 0 Å². The number of nitrogens with one attached hydrogen (secondary N) is 1. The molecule has 1 N–H and O–H groups in total. The van der Waals surface area contributed by atoms with Crippen LogP contribution in [-0.2, 0) is 0 Å². The average Bonchev–Trinajstić information content (AvgIpc) is 2.60. The van der Waals surface area contributed by atoms with Crippen molar-refractivity contribution in [2.24, 2.45) is 5.10 Å². The standard InChI is InChI=1S/C18H19N3OS/c1-3-19-18(23)21(2)20-16(14-10-6-4-7-11-14)17(22)15-12-8-5-9-13-15/h4-13H,3H2,1-2H3,(H,19,23)/b20-16-. The van der Waals surface area contributed by atoms with Crippen LogP contribution in [0.5, 0.6) is 0 Å². The minimum Gasteiger partial charge on any atom is -0.361 e. The predicted molar refractivity (Wildman–Crippen MR) is 97.8 cm³/mol. The summed E-state index contributed by atoms with van der Waals surface area (Å²) in [5.41, 5.74) is 1.71. The van der Waals surface area contributed by atoms with Gasteiger partial charge in [0, 0.05) is 24.7 Å². The Morgan fingerprint density at radius 1 is 1.04 bits per heavy atom. The topological polar surface area (TPSA) is 44.7 Å². The lowest BCUT2D eigenvalue weighted by atomic mass is 10.0. The molecule has 0 atom stereocenters. The SMILES string of the molecule is CCNC(=S)N(C)/N=C(\C(=O)c1ccccc1)c1ccccc1. The predicted octanol–water partition coefficient (Wildman–Crippen LogP) is 3.10. The monoisotopic (exact) mass is 325 g/mol. The summed E-state index contributed by atoms with van der Waals surface area (Å²) in [7, 11) is 1.73. The summed E-state index contributed by atoms with van der Waals surface area (Å²) in [6.07, 6.45) is 0. The fourth-order valence-corrected chi connectivity index (χ4v) is 2.20. The van der Waals surface area contributed by atoms with Crippen LogP contribution in [-0.4, -0.2) is 35.2 Å². The second-order valence-electron chi connectivity index (χ2n) is 4.87. The molecule has 2 aromatic carbocycles. The summed E-state index contributed by atoms with van der Waals surface area (Å²) < 4.78 is 0. The highest BCUT2D eigenvalue weighted by Gasteiger charge is 2.17. The number of benzene rings is 2. The molecule has 5 heteroatoms. The first kappa shape index (κ1) is 16.8. The van der Waals surface area contributed by atoms with E-state index in [0.717, 1.165) is 5.56 Å². The molecule has 23 heavy (non-hydrogen) atoms. The van der Waals surface area contributed by atoms with Crippen molar-refractivity contribution in [1.29, 1.82) is 0 Å². The maximum absolute atomic E-state index is 12.8. The molecule has 0 spiro atoms. The van der Waals surface area contributed by atoms with Gasteiger partial charge >= 0.3 is 0 Å². The molecule has 4 nitrogen and oxygen atoms in total. The van der Waals surface area contributed by atoms with Gasteiger partial charge < -0.3 is 5.32 Å². The summed E-state index contributed by atoms with van der Waals surface area (Å²) >= 11 is 5.24. The van der Waals surface area contributed by atoms with Gasteiger partial charge in [-0.05, 0) is 19.1 Å². The van der Waals surface area contributed by atoms with Crippen molar-refractivity contribution < 1.29 is 4.79 Å². The van der Waals surface area contributed by atoms with E-state index in [-0.39, 0.29) is 5.78 Å². The van der Waals surface area contributed by atoms with Crippen LogP contribution in [0.4, 0.5) is 0 Å². The van der Waals surface area contributed by atoms with Crippen molar-refractivity contribution in [1.82, 2.24) is 10.3 Å². The van der Waals surface area contributed by atoms with Crippen molar-refractivity contribution >= 4 is 28.8 Å². The Bertz CT molecular complexity index is 699. The van der Waals surface area contributed by atoms with Gasteiger partial charge in [0.05, 0.1) is 0 Å². The zero-order valence-corrected chi connectivity index (χ0v) is 14.0. The molecule has 2 rings (SSSR count). The lowest BCUT2D eigenvalue weighted by molar-refractivity contribution is 0.106. The van der Waals surface area contributed by atoms with Crippen LogP contribution in [0.1, 0.15) is 22.8 Å². The Morgan fingerprint density at radius 2 is 1.57 bits per heavy atom.